The third-order valence-electron chi connectivity index (χ3n) is 4.56. The van der Waals surface area contributed by atoms with Crippen molar-refractivity contribution in [3.63, 3.8) is 0 Å². The van der Waals surface area contributed by atoms with E-state index in [1.807, 2.05) is 23.1 Å². The third kappa shape index (κ3) is 4.25. The molecule has 1 aromatic rings. The molecule has 1 atom stereocenters. The van der Waals surface area contributed by atoms with Crippen LogP contribution >= 0.6 is 27.3 Å². The number of hydrogen-bond donors (Lipinski definition) is 0. The molecule has 1 aliphatic carbocycles. The number of hydrogen-bond acceptors (Lipinski definition) is 4. The predicted octanol–water partition coefficient (Wildman–Crippen LogP) is 3.48. The molecule has 1 amide bonds. The quantitative estimate of drug-likeness (QED) is 0.704. The number of nitrogens with zero attached hydrogens (tertiary/aromatic N) is 1. The SMILES string of the molecule is O=C(/C=C/c1ccc(Br)s1)N(C1CCCC1)C1CCS(=O)(=O)C1. The molecule has 23 heavy (non-hydrogen) atoms. The standard InChI is InChI=1S/C16H20BrNO3S2/c17-15-7-5-14(22-15)6-8-16(19)18(12-3-1-2-4-12)13-9-10-23(20,21)11-13/h5-8,12-13H,1-4,9-11H2/b8-6+. The van der Waals surface area contributed by atoms with E-state index in [9.17, 15) is 13.2 Å². The molecule has 0 bridgehead atoms. The van der Waals surface area contributed by atoms with Crippen LogP contribution in [0.2, 0.25) is 0 Å². The summed E-state index contributed by atoms with van der Waals surface area (Å²) < 4.78 is 24.6. The van der Waals surface area contributed by atoms with Gasteiger partial charge in [0.05, 0.1) is 15.3 Å². The normalized spacial score (nSPS) is 24.5. The van der Waals surface area contributed by atoms with Crippen LogP contribution in [0.3, 0.4) is 0 Å². The molecular formula is C16H20BrNO3S2. The maximum atomic E-state index is 12.7. The van der Waals surface area contributed by atoms with Gasteiger partial charge >= 0.3 is 0 Å². The third-order valence-corrected chi connectivity index (χ3v) is 7.90. The van der Waals surface area contributed by atoms with Gasteiger partial charge in [-0.2, -0.15) is 0 Å². The van der Waals surface area contributed by atoms with Crippen LogP contribution in [0.15, 0.2) is 22.0 Å². The van der Waals surface area contributed by atoms with Gasteiger partial charge in [0.2, 0.25) is 5.91 Å². The summed E-state index contributed by atoms with van der Waals surface area (Å²) >= 11 is 4.98. The molecule has 126 valence electrons. The van der Waals surface area contributed by atoms with Gasteiger partial charge in [0.15, 0.2) is 9.84 Å². The second-order valence-corrected chi connectivity index (χ2v) is 10.9. The number of halogens is 1. The second-order valence-electron chi connectivity index (χ2n) is 6.22. The topological polar surface area (TPSA) is 54.5 Å². The Morgan fingerprint density at radius 2 is 1.96 bits per heavy atom. The van der Waals surface area contributed by atoms with Gasteiger partial charge in [-0.25, -0.2) is 8.42 Å². The summed E-state index contributed by atoms with van der Waals surface area (Å²) in [6, 6.07) is 3.95. The van der Waals surface area contributed by atoms with Crippen molar-refractivity contribution in [2.24, 2.45) is 0 Å². The van der Waals surface area contributed by atoms with E-state index in [1.165, 1.54) is 0 Å². The summed E-state index contributed by atoms with van der Waals surface area (Å²) in [5, 5.41) is 0. The highest BCUT2D eigenvalue weighted by molar-refractivity contribution is 9.11. The predicted molar refractivity (Wildman–Crippen MR) is 97.2 cm³/mol. The summed E-state index contributed by atoms with van der Waals surface area (Å²) in [6.07, 6.45) is 8.21. The van der Waals surface area contributed by atoms with E-state index in [0.29, 0.717) is 6.42 Å². The fraction of sp³-hybridized carbons (Fsp3) is 0.562. The van der Waals surface area contributed by atoms with E-state index in [-0.39, 0.29) is 29.5 Å². The number of carbonyl (C=O) groups is 1. The highest BCUT2D eigenvalue weighted by Gasteiger charge is 2.38. The van der Waals surface area contributed by atoms with E-state index in [0.717, 1.165) is 34.3 Å². The summed E-state index contributed by atoms with van der Waals surface area (Å²) in [5.41, 5.74) is 0. The van der Waals surface area contributed by atoms with Crippen molar-refractivity contribution in [1.82, 2.24) is 4.90 Å². The summed E-state index contributed by atoms with van der Waals surface area (Å²) in [7, 11) is -2.99. The van der Waals surface area contributed by atoms with E-state index in [2.05, 4.69) is 15.9 Å². The van der Waals surface area contributed by atoms with Gasteiger partial charge in [-0.1, -0.05) is 12.8 Å². The molecule has 7 heteroatoms. The van der Waals surface area contributed by atoms with E-state index < -0.39 is 9.84 Å². The van der Waals surface area contributed by atoms with Crippen molar-refractivity contribution in [1.29, 1.82) is 0 Å². The van der Waals surface area contributed by atoms with Crippen LogP contribution in [0, 0.1) is 0 Å². The minimum atomic E-state index is -2.99. The first-order valence-electron chi connectivity index (χ1n) is 7.91. The van der Waals surface area contributed by atoms with E-state index in [1.54, 1.807) is 17.4 Å². The zero-order valence-electron chi connectivity index (χ0n) is 12.8. The maximum Gasteiger partial charge on any atom is 0.247 e. The summed E-state index contributed by atoms with van der Waals surface area (Å²) in [6.45, 7) is 0. The van der Waals surface area contributed by atoms with Crippen LogP contribution in [0.4, 0.5) is 0 Å². The van der Waals surface area contributed by atoms with Crippen LogP contribution < -0.4 is 0 Å². The highest BCUT2D eigenvalue weighted by atomic mass is 79.9. The van der Waals surface area contributed by atoms with Gasteiger partial charge in [0.25, 0.3) is 0 Å². The molecule has 1 aliphatic heterocycles. The van der Waals surface area contributed by atoms with Crippen molar-refractivity contribution in [2.75, 3.05) is 11.5 Å². The smallest absolute Gasteiger partial charge is 0.247 e. The Kier molecular flexibility index (Phi) is 5.28. The summed E-state index contributed by atoms with van der Waals surface area (Å²) in [4.78, 5) is 15.6. The molecule has 4 nitrogen and oxygen atoms in total. The average molecular weight is 418 g/mol. The Morgan fingerprint density at radius 3 is 2.52 bits per heavy atom. The van der Waals surface area contributed by atoms with Crippen LogP contribution in [-0.2, 0) is 14.6 Å². The number of rotatable bonds is 4. The lowest BCUT2D eigenvalue weighted by molar-refractivity contribution is -0.130. The van der Waals surface area contributed by atoms with Crippen molar-refractivity contribution in [3.05, 3.63) is 26.9 Å². The average Bonchev–Trinajstić information content (AvgIpc) is 3.20. The molecule has 1 saturated heterocycles. The molecule has 2 heterocycles. The zero-order valence-corrected chi connectivity index (χ0v) is 16.0. The second kappa shape index (κ2) is 7.07. The van der Waals surface area contributed by atoms with E-state index >= 15 is 0 Å². The first kappa shape index (κ1) is 17.2. The first-order chi connectivity index (χ1) is 10.9. The highest BCUT2D eigenvalue weighted by Crippen LogP contribution is 2.30. The molecule has 0 spiro atoms. The van der Waals surface area contributed by atoms with Crippen molar-refractivity contribution < 1.29 is 13.2 Å². The van der Waals surface area contributed by atoms with Gasteiger partial charge < -0.3 is 4.90 Å². The fourth-order valence-electron chi connectivity index (χ4n) is 3.49. The fourth-order valence-corrected chi connectivity index (χ4v) is 6.53. The van der Waals surface area contributed by atoms with Crippen molar-refractivity contribution in [2.45, 2.75) is 44.2 Å². The van der Waals surface area contributed by atoms with Gasteiger partial charge in [-0.3, -0.25) is 4.79 Å². The molecule has 2 aliphatic rings. The molecule has 3 rings (SSSR count). The van der Waals surface area contributed by atoms with Gasteiger partial charge in [-0.05, 0) is 53.4 Å². The minimum Gasteiger partial charge on any atom is -0.332 e. The Labute approximate surface area is 149 Å². The van der Waals surface area contributed by atoms with Gasteiger partial charge in [0, 0.05) is 23.0 Å². The van der Waals surface area contributed by atoms with Crippen molar-refractivity contribution >= 4 is 49.1 Å². The molecule has 0 N–H and O–H groups in total. The zero-order chi connectivity index (χ0) is 16.4. The lowest BCUT2D eigenvalue weighted by Crippen LogP contribution is -2.46. The van der Waals surface area contributed by atoms with Gasteiger partial charge in [-0.15, -0.1) is 11.3 Å². The lowest BCUT2D eigenvalue weighted by atomic mass is 10.1. The van der Waals surface area contributed by atoms with Crippen LogP contribution in [-0.4, -0.2) is 42.8 Å². The van der Waals surface area contributed by atoms with Crippen LogP contribution in [0.1, 0.15) is 37.0 Å². The minimum absolute atomic E-state index is 0.0523. The Hall–Kier alpha value is -0.660. The number of thiophene rings is 1. The monoisotopic (exact) mass is 417 g/mol. The summed E-state index contributed by atoms with van der Waals surface area (Å²) in [5.74, 6) is 0.271. The molecule has 1 aromatic heterocycles. The van der Waals surface area contributed by atoms with Crippen molar-refractivity contribution in [3.8, 4) is 0 Å². The Morgan fingerprint density at radius 1 is 1.22 bits per heavy atom. The lowest BCUT2D eigenvalue weighted by Gasteiger charge is -2.33. The number of carbonyl (C=O) groups excluding carboxylic acids is 1. The molecule has 2 fully saturated rings. The molecule has 0 aromatic carbocycles. The molecular weight excluding hydrogens is 398 g/mol. The van der Waals surface area contributed by atoms with Gasteiger partial charge in [0.1, 0.15) is 0 Å². The Bertz CT molecular complexity index is 705. The number of sulfone groups is 1. The maximum absolute atomic E-state index is 12.7. The molecule has 1 saturated carbocycles. The van der Waals surface area contributed by atoms with Crippen LogP contribution in [0.25, 0.3) is 6.08 Å². The Balaban J connectivity index is 1.77. The largest absolute Gasteiger partial charge is 0.332 e. The van der Waals surface area contributed by atoms with E-state index in [4.69, 9.17) is 0 Å². The first-order valence-corrected chi connectivity index (χ1v) is 11.3. The molecule has 1 unspecified atom stereocenters. The van der Waals surface area contributed by atoms with Crippen LogP contribution in [0.5, 0.6) is 0 Å². The number of amides is 1. The molecule has 0 radical (unpaired) electrons.